The minimum atomic E-state index is 0.0929. The van der Waals surface area contributed by atoms with Crippen LogP contribution in [0.1, 0.15) is 20.3 Å². The van der Waals surface area contributed by atoms with Gasteiger partial charge in [-0.15, -0.1) is 0 Å². The Morgan fingerprint density at radius 2 is 2.11 bits per heavy atom. The van der Waals surface area contributed by atoms with Crippen molar-refractivity contribution in [2.24, 2.45) is 17.4 Å². The van der Waals surface area contributed by atoms with Gasteiger partial charge in [-0.1, -0.05) is 13.8 Å². The molecule has 4 rings (SSSR count). The monoisotopic (exact) mass is 366 g/mol. The van der Waals surface area contributed by atoms with E-state index < -0.39 is 0 Å². The highest BCUT2D eigenvalue weighted by Gasteiger charge is 2.49. The van der Waals surface area contributed by atoms with Crippen molar-refractivity contribution >= 4 is 22.5 Å². The number of nitrogens with two attached hydrogens (primary N) is 2. The van der Waals surface area contributed by atoms with Crippen molar-refractivity contribution in [1.29, 1.82) is 0 Å². The number of pyridine rings is 2. The van der Waals surface area contributed by atoms with Gasteiger partial charge in [0.25, 0.3) is 0 Å². The molecule has 2 aromatic rings. The van der Waals surface area contributed by atoms with Crippen molar-refractivity contribution < 1.29 is 4.74 Å². The van der Waals surface area contributed by atoms with Crippen LogP contribution in [0.3, 0.4) is 0 Å². The lowest BCUT2D eigenvalue weighted by molar-refractivity contribution is -0.160. The molecule has 2 fully saturated rings. The molecule has 0 amide bonds. The first-order chi connectivity index (χ1) is 13.0. The second kappa shape index (κ2) is 6.74. The van der Waals surface area contributed by atoms with Gasteiger partial charge in [0.2, 0.25) is 0 Å². The lowest BCUT2D eigenvalue weighted by Gasteiger charge is -2.55. The van der Waals surface area contributed by atoms with Crippen LogP contribution in [0.5, 0.6) is 0 Å². The van der Waals surface area contributed by atoms with E-state index in [0.717, 1.165) is 48.4 Å². The first kappa shape index (κ1) is 17.6. The number of rotatable bonds is 5. The van der Waals surface area contributed by atoms with E-state index in [1.807, 2.05) is 24.4 Å². The molecule has 2 aromatic heterocycles. The van der Waals surface area contributed by atoms with E-state index >= 15 is 0 Å². The summed E-state index contributed by atoms with van der Waals surface area (Å²) >= 11 is 0. The van der Waals surface area contributed by atoms with Crippen LogP contribution in [-0.2, 0) is 4.74 Å². The summed E-state index contributed by atoms with van der Waals surface area (Å²) in [5.74, 6) is 1.48. The SMILES string of the molecule is CC(C)C(=C/N)/C=C(\N)Nc1ccc2ncc(N3CC4(CCO4)C3)cc2n1. The van der Waals surface area contributed by atoms with E-state index in [1.54, 1.807) is 6.20 Å². The maximum atomic E-state index is 6.10. The average Bonchev–Trinajstić information content (AvgIpc) is 2.56. The predicted molar refractivity (Wildman–Crippen MR) is 108 cm³/mol. The van der Waals surface area contributed by atoms with Gasteiger partial charge < -0.3 is 26.4 Å². The molecule has 0 aliphatic carbocycles. The summed E-state index contributed by atoms with van der Waals surface area (Å²) in [7, 11) is 0. The number of hydrogen-bond donors (Lipinski definition) is 3. The van der Waals surface area contributed by atoms with E-state index in [-0.39, 0.29) is 5.60 Å². The van der Waals surface area contributed by atoms with Gasteiger partial charge in [0.1, 0.15) is 17.2 Å². The topological polar surface area (TPSA) is 102 Å². The van der Waals surface area contributed by atoms with Crippen LogP contribution in [0.15, 0.2) is 48.1 Å². The van der Waals surface area contributed by atoms with E-state index in [2.05, 4.69) is 40.1 Å². The molecule has 5 N–H and O–H groups in total. The number of hydrogen-bond acceptors (Lipinski definition) is 7. The highest BCUT2D eigenvalue weighted by Crippen LogP contribution is 2.38. The molecule has 0 bridgehead atoms. The van der Waals surface area contributed by atoms with E-state index in [1.165, 1.54) is 0 Å². The van der Waals surface area contributed by atoms with Crippen LogP contribution in [0.25, 0.3) is 11.0 Å². The molecule has 7 heteroatoms. The summed E-state index contributed by atoms with van der Waals surface area (Å²) in [4.78, 5) is 11.5. The molecule has 4 heterocycles. The standard InChI is InChI=1S/C20H26N6O/c1-13(2)14(9-21)7-18(22)25-19-4-3-16-17(24-19)8-15(10-23-16)26-11-20(12-26)5-6-27-20/h3-4,7-10,13H,5-6,11-12,21-22H2,1-2H3,(H,24,25)/b14-9+,18-7+. The second-order valence-electron chi connectivity index (χ2n) is 7.61. The molecule has 142 valence electrons. The van der Waals surface area contributed by atoms with E-state index in [9.17, 15) is 0 Å². The minimum Gasteiger partial charge on any atom is -0.404 e. The summed E-state index contributed by atoms with van der Waals surface area (Å²) in [5, 5.41) is 3.13. The van der Waals surface area contributed by atoms with Gasteiger partial charge in [-0.3, -0.25) is 4.98 Å². The zero-order valence-corrected chi connectivity index (χ0v) is 15.8. The molecule has 2 aliphatic heterocycles. The number of allylic oxidation sites excluding steroid dienone is 2. The van der Waals surface area contributed by atoms with Crippen molar-refractivity contribution in [3.63, 3.8) is 0 Å². The molecular weight excluding hydrogens is 340 g/mol. The fourth-order valence-corrected chi connectivity index (χ4v) is 3.48. The number of fused-ring (bicyclic) bond motifs is 1. The third-order valence-electron chi connectivity index (χ3n) is 5.27. The molecule has 0 saturated carbocycles. The maximum Gasteiger partial charge on any atom is 0.132 e. The van der Waals surface area contributed by atoms with Crippen molar-refractivity contribution in [3.8, 4) is 0 Å². The Hall–Kier alpha value is -2.80. The van der Waals surface area contributed by atoms with Crippen LogP contribution in [0, 0.1) is 5.92 Å². The molecule has 0 atom stereocenters. The molecule has 2 aliphatic rings. The van der Waals surface area contributed by atoms with Gasteiger partial charge in [0.05, 0.1) is 29.5 Å². The summed E-state index contributed by atoms with van der Waals surface area (Å²) in [6, 6.07) is 5.88. The number of ether oxygens (including phenoxy) is 1. The van der Waals surface area contributed by atoms with Gasteiger partial charge in [0, 0.05) is 19.5 Å². The van der Waals surface area contributed by atoms with Gasteiger partial charge in [0.15, 0.2) is 0 Å². The summed E-state index contributed by atoms with van der Waals surface area (Å²) < 4.78 is 5.69. The minimum absolute atomic E-state index is 0.0929. The van der Waals surface area contributed by atoms with Crippen molar-refractivity contribution in [3.05, 3.63) is 48.1 Å². The van der Waals surface area contributed by atoms with Crippen molar-refractivity contribution in [2.45, 2.75) is 25.9 Å². The molecule has 0 unspecified atom stereocenters. The molecule has 7 nitrogen and oxygen atoms in total. The van der Waals surface area contributed by atoms with E-state index in [4.69, 9.17) is 16.2 Å². The van der Waals surface area contributed by atoms with Gasteiger partial charge >= 0.3 is 0 Å². The van der Waals surface area contributed by atoms with Crippen LogP contribution in [0.2, 0.25) is 0 Å². The predicted octanol–water partition coefficient (Wildman–Crippen LogP) is 2.32. The van der Waals surface area contributed by atoms with Crippen LogP contribution in [-0.4, -0.2) is 35.3 Å². The molecule has 0 radical (unpaired) electrons. The highest BCUT2D eigenvalue weighted by atomic mass is 16.5. The summed E-state index contributed by atoms with van der Waals surface area (Å²) in [6.07, 6.45) is 6.47. The quantitative estimate of drug-likeness (QED) is 0.698. The third kappa shape index (κ3) is 3.42. The van der Waals surface area contributed by atoms with Crippen LogP contribution >= 0.6 is 0 Å². The van der Waals surface area contributed by atoms with E-state index in [0.29, 0.717) is 17.6 Å². The smallest absolute Gasteiger partial charge is 0.132 e. The Morgan fingerprint density at radius 3 is 2.74 bits per heavy atom. The number of nitrogens with one attached hydrogen (secondary N) is 1. The lowest BCUT2D eigenvalue weighted by Crippen LogP contribution is -2.68. The fraction of sp³-hybridized carbons (Fsp3) is 0.400. The number of nitrogens with zero attached hydrogens (tertiary/aromatic N) is 3. The van der Waals surface area contributed by atoms with Crippen molar-refractivity contribution in [2.75, 3.05) is 29.9 Å². The first-order valence-electron chi connectivity index (χ1n) is 9.30. The molecule has 27 heavy (non-hydrogen) atoms. The Balaban J connectivity index is 1.52. The van der Waals surface area contributed by atoms with Gasteiger partial charge in [-0.25, -0.2) is 4.98 Å². The average molecular weight is 366 g/mol. The number of anilines is 2. The summed E-state index contributed by atoms with van der Waals surface area (Å²) in [6.45, 7) is 6.87. The fourth-order valence-electron chi connectivity index (χ4n) is 3.48. The molecule has 1 spiro atoms. The number of aromatic nitrogens is 2. The zero-order chi connectivity index (χ0) is 19.0. The molecular formula is C20H26N6O. The normalized spacial score (nSPS) is 19.3. The Kier molecular flexibility index (Phi) is 4.39. The maximum absolute atomic E-state index is 6.10. The second-order valence-corrected chi connectivity index (χ2v) is 7.61. The van der Waals surface area contributed by atoms with Crippen molar-refractivity contribution in [1.82, 2.24) is 9.97 Å². The largest absolute Gasteiger partial charge is 0.404 e. The highest BCUT2D eigenvalue weighted by molar-refractivity contribution is 5.80. The Bertz CT molecular complexity index is 908. The third-order valence-corrected chi connectivity index (χ3v) is 5.27. The van der Waals surface area contributed by atoms with Crippen LogP contribution < -0.4 is 21.7 Å². The molecule has 2 saturated heterocycles. The van der Waals surface area contributed by atoms with Crippen LogP contribution in [0.4, 0.5) is 11.5 Å². The molecule has 0 aromatic carbocycles. The van der Waals surface area contributed by atoms with Gasteiger partial charge in [-0.05, 0) is 42.0 Å². The Labute approximate surface area is 159 Å². The zero-order valence-electron chi connectivity index (χ0n) is 15.8. The Morgan fingerprint density at radius 1 is 1.33 bits per heavy atom. The first-order valence-corrected chi connectivity index (χ1v) is 9.30. The lowest BCUT2D eigenvalue weighted by atomic mass is 9.86. The summed E-state index contributed by atoms with van der Waals surface area (Å²) in [5.41, 5.74) is 15.6. The van der Waals surface area contributed by atoms with Gasteiger partial charge in [-0.2, -0.15) is 0 Å².